The van der Waals surface area contributed by atoms with Crippen LogP contribution in [0.25, 0.3) is 0 Å². The van der Waals surface area contributed by atoms with Gasteiger partial charge in [-0.3, -0.25) is 4.79 Å². The molecule has 1 amide bonds. The van der Waals surface area contributed by atoms with Crippen molar-refractivity contribution >= 4 is 45.0 Å². The standard InChI is InChI=1S/C9H8BrCl2NO/c1-13(2)9(14)5-3-6(11)8(10)7(12)4-5/h3-4H,1-2H3. The third kappa shape index (κ3) is 2.41. The SMILES string of the molecule is CN(C)C(=O)c1cc(Cl)c(Br)c(Cl)c1. The fourth-order valence-electron chi connectivity index (χ4n) is 0.937. The average Bonchev–Trinajstić information content (AvgIpc) is 2.12. The molecule has 14 heavy (non-hydrogen) atoms. The number of carbonyl (C=O) groups is 1. The molecule has 0 atom stereocenters. The van der Waals surface area contributed by atoms with Crippen molar-refractivity contribution in [3.63, 3.8) is 0 Å². The minimum atomic E-state index is -0.124. The Balaban J connectivity index is 3.19. The first-order chi connectivity index (χ1) is 6.43. The molecule has 0 saturated carbocycles. The first kappa shape index (κ1) is 11.8. The lowest BCUT2D eigenvalue weighted by atomic mass is 10.2. The van der Waals surface area contributed by atoms with Crippen LogP contribution in [0.1, 0.15) is 10.4 Å². The van der Waals surface area contributed by atoms with Gasteiger partial charge in [-0.25, -0.2) is 0 Å². The summed E-state index contributed by atoms with van der Waals surface area (Å²) in [5.74, 6) is -0.124. The van der Waals surface area contributed by atoms with Crippen molar-refractivity contribution < 1.29 is 4.79 Å². The summed E-state index contributed by atoms with van der Waals surface area (Å²) >= 11 is 14.9. The summed E-state index contributed by atoms with van der Waals surface area (Å²) < 4.78 is 0.608. The molecule has 0 aliphatic heterocycles. The van der Waals surface area contributed by atoms with Crippen LogP contribution >= 0.6 is 39.1 Å². The van der Waals surface area contributed by atoms with Crippen molar-refractivity contribution in [1.82, 2.24) is 4.90 Å². The quantitative estimate of drug-likeness (QED) is 0.727. The lowest BCUT2D eigenvalue weighted by molar-refractivity contribution is 0.0827. The van der Waals surface area contributed by atoms with Gasteiger partial charge in [0, 0.05) is 19.7 Å². The van der Waals surface area contributed by atoms with E-state index in [-0.39, 0.29) is 5.91 Å². The highest BCUT2D eigenvalue weighted by molar-refractivity contribution is 9.10. The van der Waals surface area contributed by atoms with E-state index < -0.39 is 0 Å². The third-order valence-electron chi connectivity index (χ3n) is 1.64. The van der Waals surface area contributed by atoms with E-state index >= 15 is 0 Å². The highest BCUT2D eigenvalue weighted by Crippen LogP contribution is 2.31. The largest absolute Gasteiger partial charge is 0.345 e. The molecule has 1 rings (SSSR count). The number of amides is 1. The summed E-state index contributed by atoms with van der Waals surface area (Å²) in [6.07, 6.45) is 0. The van der Waals surface area contributed by atoms with Crippen LogP contribution in [0.3, 0.4) is 0 Å². The highest BCUT2D eigenvalue weighted by atomic mass is 79.9. The molecule has 1 aromatic rings. The van der Waals surface area contributed by atoms with E-state index in [1.54, 1.807) is 26.2 Å². The number of nitrogens with zero attached hydrogens (tertiary/aromatic N) is 1. The van der Waals surface area contributed by atoms with Gasteiger partial charge in [0.25, 0.3) is 5.91 Å². The fourth-order valence-corrected chi connectivity index (χ4v) is 1.65. The molecule has 0 aliphatic carbocycles. The second-order valence-electron chi connectivity index (χ2n) is 2.95. The highest BCUT2D eigenvalue weighted by Gasteiger charge is 2.12. The molecule has 76 valence electrons. The molecule has 0 fully saturated rings. The predicted molar refractivity (Wildman–Crippen MR) is 62.2 cm³/mol. The summed E-state index contributed by atoms with van der Waals surface area (Å²) in [7, 11) is 3.35. The van der Waals surface area contributed by atoms with Crippen LogP contribution in [-0.4, -0.2) is 24.9 Å². The second kappa shape index (κ2) is 4.51. The minimum Gasteiger partial charge on any atom is -0.345 e. The summed E-state index contributed by atoms with van der Waals surface area (Å²) in [5.41, 5.74) is 0.480. The van der Waals surface area contributed by atoms with Gasteiger partial charge in [-0.1, -0.05) is 23.2 Å². The van der Waals surface area contributed by atoms with E-state index in [0.29, 0.717) is 20.1 Å². The molecule has 0 spiro atoms. The molecular weight excluding hydrogens is 289 g/mol. The molecule has 0 heterocycles. The van der Waals surface area contributed by atoms with Crippen LogP contribution in [0.15, 0.2) is 16.6 Å². The van der Waals surface area contributed by atoms with Gasteiger partial charge in [0.2, 0.25) is 0 Å². The van der Waals surface area contributed by atoms with Gasteiger partial charge in [-0.15, -0.1) is 0 Å². The van der Waals surface area contributed by atoms with Gasteiger partial charge in [0.15, 0.2) is 0 Å². The lowest BCUT2D eigenvalue weighted by Crippen LogP contribution is -2.21. The summed E-state index contributed by atoms with van der Waals surface area (Å²) in [5, 5.41) is 0.866. The number of benzene rings is 1. The van der Waals surface area contributed by atoms with Crippen LogP contribution in [0.2, 0.25) is 10.0 Å². The Bertz CT molecular complexity index is 356. The molecule has 0 aromatic heterocycles. The number of halogens is 3. The Morgan fingerprint density at radius 2 is 1.71 bits per heavy atom. The number of hydrogen-bond donors (Lipinski definition) is 0. The molecule has 0 aliphatic rings. The summed E-state index contributed by atoms with van der Waals surface area (Å²) in [4.78, 5) is 13.0. The summed E-state index contributed by atoms with van der Waals surface area (Å²) in [6.45, 7) is 0. The molecule has 0 N–H and O–H groups in total. The van der Waals surface area contributed by atoms with Crippen molar-refractivity contribution in [3.05, 3.63) is 32.2 Å². The van der Waals surface area contributed by atoms with Gasteiger partial charge >= 0.3 is 0 Å². The van der Waals surface area contributed by atoms with Gasteiger partial charge in [0.05, 0.1) is 14.5 Å². The Labute approximate surface area is 101 Å². The van der Waals surface area contributed by atoms with E-state index in [1.807, 2.05) is 0 Å². The van der Waals surface area contributed by atoms with E-state index in [1.165, 1.54) is 4.90 Å². The first-order valence-electron chi connectivity index (χ1n) is 3.79. The monoisotopic (exact) mass is 295 g/mol. The fraction of sp³-hybridized carbons (Fsp3) is 0.222. The maximum absolute atomic E-state index is 11.6. The average molecular weight is 297 g/mol. The summed E-state index contributed by atoms with van der Waals surface area (Å²) in [6, 6.07) is 3.17. The van der Waals surface area contributed by atoms with Gasteiger partial charge in [-0.05, 0) is 28.1 Å². The topological polar surface area (TPSA) is 20.3 Å². The zero-order valence-corrected chi connectivity index (χ0v) is 10.7. The van der Waals surface area contributed by atoms with E-state index in [0.717, 1.165) is 0 Å². The lowest BCUT2D eigenvalue weighted by Gasteiger charge is -2.11. The first-order valence-corrected chi connectivity index (χ1v) is 5.34. The molecule has 2 nitrogen and oxygen atoms in total. The van der Waals surface area contributed by atoms with Crippen molar-refractivity contribution in [3.8, 4) is 0 Å². The van der Waals surface area contributed by atoms with Crippen LogP contribution in [0.5, 0.6) is 0 Å². The van der Waals surface area contributed by atoms with Gasteiger partial charge in [-0.2, -0.15) is 0 Å². The Kier molecular flexibility index (Phi) is 3.81. The maximum Gasteiger partial charge on any atom is 0.253 e. The molecule has 5 heteroatoms. The van der Waals surface area contributed by atoms with Crippen LogP contribution < -0.4 is 0 Å². The third-order valence-corrected chi connectivity index (χ3v) is 3.54. The van der Waals surface area contributed by atoms with Crippen LogP contribution in [0.4, 0.5) is 0 Å². The minimum absolute atomic E-state index is 0.124. The van der Waals surface area contributed by atoms with Gasteiger partial charge in [0.1, 0.15) is 0 Å². The number of carbonyl (C=O) groups excluding carboxylic acids is 1. The van der Waals surface area contributed by atoms with Crippen molar-refractivity contribution in [2.45, 2.75) is 0 Å². The maximum atomic E-state index is 11.6. The molecule has 0 unspecified atom stereocenters. The molecule has 1 aromatic carbocycles. The Hall–Kier alpha value is -0.250. The van der Waals surface area contributed by atoms with Crippen LogP contribution in [-0.2, 0) is 0 Å². The second-order valence-corrected chi connectivity index (χ2v) is 4.56. The number of hydrogen-bond acceptors (Lipinski definition) is 1. The van der Waals surface area contributed by atoms with Crippen molar-refractivity contribution in [2.75, 3.05) is 14.1 Å². The van der Waals surface area contributed by atoms with E-state index in [2.05, 4.69) is 15.9 Å². The van der Waals surface area contributed by atoms with E-state index in [4.69, 9.17) is 23.2 Å². The molecule has 0 saturated heterocycles. The molecule has 0 bridgehead atoms. The Morgan fingerprint density at radius 3 is 2.07 bits per heavy atom. The zero-order valence-electron chi connectivity index (χ0n) is 7.64. The van der Waals surface area contributed by atoms with Crippen molar-refractivity contribution in [2.24, 2.45) is 0 Å². The predicted octanol–water partition coefficient (Wildman–Crippen LogP) is 3.46. The number of rotatable bonds is 1. The van der Waals surface area contributed by atoms with Crippen molar-refractivity contribution in [1.29, 1.82) is 0 Å². The normalized spacial score (nSPS) is 10.1. The molecule has 0 radical (unpaired) electrons. The van der Waals surface area contributed by atoms with E-state index in [9.17, 15) is 4.79 Å². The zero-order chi connectivity index (χ0) is 10.9. The Morgan fingerprint density at radius 1 is 1.29 bits per heavy atom. The smallest absolute Gasteiger partial charge is 0.253 e. The molecular formula is C9H8BrCl2NO. The van der Waals surface area contributed by atoms with Gasteiger partial charge < -0.3 is 4.90 Å². The van der Waals surface area contributed by atoms with Crippen LogP contribution in [0, 0.1) is 0 Å².